The molecular formula is C4H8Cl2O. The maximum atomic E-state index is 8.22. The molecule has 0 aliphatic rings. The Morgan fingerprint density at radius 3 is 2.29 bits per heavy atom. The van der Waals surface area contributed by atoms with E-state index in [1.54, 1.807) is 0 Å². The maximum absolute atomic E-state index is 8.22. The van der Waals surface area contributed by atoms with Crippen LogP contribution in [0.1, 0.15) is 6.42 Å². The molecule has 0 bridgehead atoms. The van der Waals surface area contributed by atoms with Gasteiger partial charge in [0.15, 0.2) is 0 Å². The van der Waals surface area contributed by atoms with E-state index in [9.17, 15) is 0 Å². The molecule has 44 valence electrons. The van der Waals surface area contributed by atoms with Crippen molar-refractivity contribution in [3.63, 3.8) is 0 Å². The molecule has 0 aromatic heterocycles. The highest BCUT2D eigenvalue weighted by molar-refractivity contribution is 6.28. The predicted octanol–water partition coefficient (Wildman–Crippen LogP) is 1.21. The van der Waals surface area contributed by atoms with E-state index in [0.29, 0.717) is 12.3 Å². The Hall–Kier alpha value is 0.540. The number of alkyl halides is 2. The zero-order valence-corrected chi connectivity index (χ0v) is 5.41. The van der Waals surface area contributed by atoms with Crippen molar-refractivity contribution in [1.82, 2.24) is 0 Å². The Morgan fingerprint density at radius 1 is 1.57 bits per heavy atom. The summed E-state index contributed by atoms with van der Waals surface area (Å²) in [5.41, 5.74) is 0. The second-order valence-corrected chi connectivity index (χ2v) is 2.19. The molecule has 0 heterocycles. The van der Waals surface area contributed by atoms with Crippen molar-refractivity contribution < 1.29 is 5.11 Å². The first-order valence-electron chi connectivity index (χ1n) is 2.12. The van der Waals surface area contributed by atoms with Crippen LogP contribution in [-0.2, 0) is 0 Å². The molecular weight excluding hydrogens is 135 g/mol. The standard InChI is InChI=1S/C4H8Cl2O/c5-3-4(6)1-2-7/h4,7H,1-3H2. The van der Waals surface area contributed by atoms with Crippen molar-refractivity contribution in [2.75, 3.05) is 12.5 Å². The monoisotopic (exact) mass is 142 g/mol. The zero-order chi connectivity index (χ0) is 5.70. The van der Waals surface area contributed by atoms with Crippen LogP contribution < -0.4 is 0 Å². The number of hydrogen-bond donors (Lipinski definition) is 1. The van der Waals surface area contributed by atoms with Crippen molar-refractivity contribution in [3.05, 3.63) is 0 Å². The number of rotatable bonds is 3. The largest absolute Gasteiger partial charge is 0.396 e. The summed E-state index contributed by atoms with van der Waals surface area (Å²) < 4.78 is 0. The fraction of sp³-hybridized carbons (Fsp3) is 1.00. The molecule has 0 aliphatic carbocycles. The van der Waals surface area contributed by atoms with Gasteiger partial charge in [-0.15, -0.1) is 23.2 Å². The zero-order valence-electron chi connectivity index (χ0n) is 3.90. The molecule has 0 spiro atoms. The Morgan fingerprint density at radius 2 is 2.14 bits per heavy atom. The third-order valence-electron chi connectivity index (χ3n) is 0.610. The summed E-state index contributed by atoms with van der Waals surface area (Å²) in [5.74, 6) is 0.419. The molecule has 3 heteroatoms. The van der Waals surface area contributed by atoms with E-state index < -0.39 is 0 Å². The Bertz CT molecular complexity index is 40.7. The third-order valence-corrected chi connectivity index (χ3v) is 1.51. The van der Waals surface area contributed by atoms with E-state index in [1.165, 1.54) is 0 Å². The van der Waals surface area contributed by atoms with E-state index >= 15 is 0 Å². The summed E-state index contributed by atoms with van der Waals surface area (Å²) in [6.07, 6.45) is 0.588. The molecule has 1 atom stereocenters. The molecule has 7 heavy (non-hydrogen) atoms. The van der Waals surface area contributed by atoms with Crippen molar-refractivity contribution in [3.8, 4) is 0 Å². The lowest BCUT2D eigenvalue weighted by Gasteiger charge is -1.97. The summed E-state index contributed by atoms with van der Waals surface area (Å²) in [6, 6.07) is 0. The maximum Gasteiger partial charge on any atom is 0.0493 e. The lowest BCUT2D eigenvalue weighted by Crippen LogP contribution is -2.01. The summed E-state index contributed by atoms with van der Waals surface area (Å²) in [6.45, 7) is 0.126. The molecule has 0 aliphatic heterocycles. The number of hydrogen-bond acceptors (Lipinski definition) is 1. The van der Waals surface area contributed by atoms with Crippen LogP contribution in [0.5, 0.6) is 0 Å². The molecule has 0 aromatic carbocycles. The third kappa shape index (κ3) is 4.39. The lowest BCUT2D eigenvalue weighted by molar-refractivity contribution is 0.288. The highest BCUT2D eigenvalue weighted by Crippen LogP contribution is 2.01. The lowest BCUT2D eigenvalue weighted by atomic mass is 10.3. The highest BCUT2D eigenvalue weighted by Gasteiger charge is 1.97. The molecule has 0 amide bonds. The Labute approximate surface area is 53.2 Å². The van der Waals surface area contributed by atoms with Crippen LogP contribution >= 0.6 is 23.2 Å². The van der Waals surface area contributed by atoms with Crippen LogP contribution in [0.25, 0.3) is 0 Å². The summed E-state index contributed by atoms with van der Waals surface area (Å²) >= 11 is 10.8. The summed E-state index contributed by atoms with van der Waals surface area (Å²) in [7, 11) is 0. The van der Waals surface area contributed by atoms with E-state index in [0.717, 1.165) is 0 Å². The minimum absolute atomic E-state index is 0.0633. The van der Waals surface area contributed by atoms with Gasteiger partial charge in [0, 0.05) is 17.9 Å². The molecule has 1 nitrogen and oxygen atoms in total. The predicted molar refractivity (Wildman–Crippen MR) is 32.1 cm³/mol. The van der Waals surface area contributed by atoms with Gasteiger partial charge >= 0.3 is 0 Å². The van der Waals surface area contributed by atoms with Gasteiger partial charge in [-0.2, -0.15) is 0 Å². The molecule has 0 saturated carbocycles. The fourth-order valence-corrected chi connectivity index (χ4v) is 0.469. The average Bonchev–Trinajstić information content (AvgIpc) is 1.68. The Kier molecular flexibility index (Phi) is 5.05. The smallest absolute Gasteiger partial charge is 0.0493 e. The fourth-order valence-electron chi connectivity index (χ4n) is 0.217. The van der Waals surface area contributed by atoms with Gasteiger partial charge in [0.25, 0.3) is 0 Å². The average molecular weight is 143 g/mol. The molecule has 0 radical (unpaired) electrons. The highest BCUT2D eigenvalue weighted by atomic mass is 35.5. The van der Waals surface area contributed by atoms with Gasteiger partial charge in [-0.1, -0.05) is 0 Å². The van der Waals surface area contributed by atoms with E-state index in [1.807, 2.05) is 0 Å². The molecule has 1 N–H and O–H groups in total. The number of halogens is 2. The van der Waals surface area contributed by atoms with Gasteiger partial charge in [0.2, 0.25) is 0 Å². The van der Waals surface area contributed by atoms with Crippen LogP contribution in [0.2, 0.25) is 0 Å². The van der Waals surface area contributed by atoms with Crippen LogP contribution in [0.4, 0.5) is 0 Å². The molecule has 0 aromatic rings. The number of aliphatic hydroxyl groups excluding tert-OH is 1. The SMILES string of the molecule is OCCC(Cl)CCl. The van der Waals surface area contributed by atoms with E-state index in [-0.39, 0.29) is 12.0 Å². The van der Waals surface area contributed by atoms with Crippen LogP contribution in [0.3, 0.4) is 0 Å². The Balaban J connectivity index is 2.83. The van der Waals surface area contributed by atoms with Gasteiger partial charge in [-0.3, -0.25) is 0 Å². The van der Waals surface area contributed by atoms with E-state index in [2.05, 4.69) is 0 Å². The molecule has 0 rings (SSSR count). The number of aliphatic hydroxyl groups is 1. The van der Waals surface area contributed by atoms with E-state index in [4.69, 9.17) is 28.3 Å². The van der Waals surface area contributed by atoms with Gasteiger partial charge in [-0.05, 0) is 6.42 Å². The molecule has 1 unspecified atom stereocenters. The van der Waals surface area contributed by atoms with Crippen LogP contribution in [-0.4, -0.2) is 23.0 Å². The van der Waals surface area contributed by atoms with Gasteiger partial charge in [0.05, 0.1) is 0 Å². The first-order valence-corrected chi connectivity index (χ1v) is 3.09. The van der Waals surface area contributed by atoms with Gasteiger partial charge in [-0.25, -0.2) is 0 Å². The van der Waals surface area contributed by atoms with Crippen LogP contribution in [0.15, 0.2) is 0 Å². The molecule has 0 saturated heterocycles. The first kappa shape index (κ1) is 7.54. The second-order valence-electron chi connectivity index (χ2n) is 1.26. The van der Waals surface area contributed by atoms with Crippen molar-refractivity contribution in [2.24, 2.45) is 0 Å². The molecule has 0 fully saturated rings. The van der Waals surface area contributed by atoms with Crippen LogP contribution in [0, 0.1) is 0 Å². The van der Waals surface area contributed by atoms with Gasteiger partial charge < -0.3 is 5.11 Å². The van der Waals surface area contributed by atoms with Gasteiger partial charge in [0.1, 0.15) is 0 Å². The van der Waals surface area contributed by atoms with Crippen molar-refractivity contribution >= 4 is 23.2 Å². The minimum Gasteiger partial charge on any atom is -0.396 e. The summed E-state index contributed by atoms with van der Waals surface area (Å²) in [5, 5.41) is 8.16. The topological polar surface area (TPSA) is 20.2 Å². The second kappa shape index (κ2) is 4.69. The van der Waals surface area contributed by atoms with Crippen molar-refractivity contribution in [1.29, 1.82) is 0 Å². The first-order chi connectivity index (χ1) is 3.31. The normalized spacial score (nSPS) is 14.1. The minimum atomic E-state index is -0.0633. The quantitative estimate of drug-likeness (QED) is 0.588. The van der Waals surface area contributed by atoms with Crippen molar-refractivity contribution in [2.45, 2.75) is 11.8 Å². The summed E-state index contributed by atoms with van der Waals surface area (Å²) in [4.78, 5) is 0.